The van der Waals surface area contributed by atoms with Crippen LogP contribution in [-0.2, 0) is 13.5 Å². The van der Waals surface area contributed by atoms with Gasteiger partial charge >= 0.3 is 0 Å². The molecule has 2 heterocycles. The molecule has 0 unspecified atom stereocenters. The third-order valence-corrected chi connectivity index (χ3v) is 4.26. The summed E-state index contributed by atoms with van der Waals surface area (Å²) < 4.78 is 2.58. The molecule has 2 aromatic heterocycles. The molecule has 102 valence electrons. The van der Waals surface area contributed by atoms with Crippen molar-refractivity contribution < 1.29 is 0 Å². The first kappa shape index (κ1) is 14.3. The SMILES string of the molecule is Cc1nn(C)c(NCCc2ccc(Cl)s2)c1C(N)=S. The molecule has 2 rings (SSSR count). The van der Waals surface area contributed by atoms with Crippen LogP contribution in [0, 0.1) is 6.92 Å². The van der Waals surface area contributed by atoms with Gasteiger partial charge in [-0.25, -0.2) is 0 Å². The van der Waals surface area contributed by atoms with Gasteiger partial charge in [-0.05, 0) is 25.5 Å². The summed E-state index contributed by atoms with van der Waals surface area (Å²) >= 11 is 12.6. The van der Waals surface area contributed by atoms with Gasteiger partial charge < -0.3 is 11.1 Å². The summed E-state index contributed by atoms with van der Waals surface area (Å²) in [5, 5.41) is 7.67. The molecular formula is C12H15ClN4S2. The molecule has 0 radical (unpaired) electrons. The maximum absolute atomic E-state index is 5.90. The van der Waals surface area contributed by atoms with Gasteiger partial charge in [0.15, 0.2) is 0 Å². The summed E-state index contributed by atoms with van der Waals surface area (Å²) in [7, 11) is 1.87. The van der Waals surface area contributed by atoms with Crippen LogP contribution in [0.1, 0.15) is 16.1 Å². The van der Waals surface area contributed by atoms with Crippen LogP contribution in [0.5, 0.6) is 0 Å². The van der Waals surface area contributed by atoms with Crippen molar-refractivity contribution in [3.05, 3.63) is 32.6 Å². The average Bonchev–Trinajstić information content (AvgIpc) is 2.84. The molecular weight excluding hydrogens is 300 g/mol. The van der Waals surface area contributed by atoms with Gasteiger partial charge in [-0.1, -0.05) is 23.8 Å². The van der Waals surface area contributed by atoms with Gasteiger partial charge in [0.25, 0.3) is 0 Å². The van der Waals surface area contributed by atoms with E-state index in [1.54, 1.807) is 16.0 Å². The fraction of sp³-hybridized carbons (Fsp3) is 0.333. The number of nitrogens with one attached hydrogen (secondary N) is 1. The van der Waals surface area contributed by atoms with Crippen molar-refractivity contribution in [3.8, 4) is 0 Å². The van der Waals surface area contributed by atoms with E-state index in [-0.39, 0.29) is 0 Å². The van der Waals surface area contributed by atoms with E-state index in [0.717, 1.165) is 34.4 Å². The molecule has 0 bridgehead atoms. The topological polar surface area (TPSA) is 55.9 Å². The molecule has 0 aliphatic rings. The molecule has 0 amide bonds. The number of anilines is 1. The smallest absolute Gasteiger partial charge is 0.134 e. The normalized spacial score (nSPS) is 10.7. The van der Waals surface area contributed by atoms with Gasteiger partial charge in [0.05, 0.1) is 15.6 Å². The van der Waals surface area contributed by atoms with Crippen molar-refractivity contribution >= 4 is 46.0 Å². The Bertz CT molecular complexity index is 603. The molecule has 0 saturated heterocycles. The number of hydrogen-bond acceptors (Lipinski definition) is 4. The lowest BCUT2D eigenvalue weighted by Gasteiger charge is -2.08. The maximum atomic E-state index is 5.90. The Kier molecular flexibility index (Phi) is 4.44. The first-order chi connectivity index (χ1) is 8.99. The molecule has 19 heavy (non-hydrogen) atoms. The molecule has 0 fully saturated rings. The fourth-order valence-electron chi connectivity index (χ4n) is 1.95. The van der Waals surface area contributed by atoms with E-state index in [2.05, 4.69) is 10.4 Å². The summed E-state index contributed by atoms with van der Waals surface area (Å²) in [6, 6.07) is 3.95. The summed E-state index contributed by atoms with van der Waals surface area (Å²) in [4.78, 5) is 1.61. The lowest BCUT2D eigenvalue weighted by Crippen LogP contribution is -2.15. The highest BCUT2D eigenvalue weighted by Crippen LogP contribution is 2.22. The summed E-state index contributed by atoms with van der Waals surface area (Å²) in [5.41, 5.74) is 7.40. The monoisotopic (exact) mass is 314 g/mol. The molecule has 3 N–H and O–H groups in total. The zero-order valence-electron chi connectivity index (χ0n) is 10.7. The van der Waals surface area contributed by atoms with Crippen LogP contribution in [-0.4, -0.2) is 21.3 Å². The number of aromatic nitrogens is 2. The third kappa shape index (κ3) is 3.26. The van der Waals surface area contributed by atoms with Crippen LogP contribution in [0.15, 0.2) is 12.1 Å². The Morgan fingerprint density at radius 2 is 2.32 bits per heavy atom. The summed E-state index contributed by atoms with van der Waals surface area (Å²) in [6.45, 7) is 2.68. The number of nitrogens with two attached hydrogens (primary N) is 1. The van der Waals surface area contributed by atoms with Crippen molar-refractivity contribution in [1.29, 1.82) is 0 Å². The molecule has 7 heteroatoms. The van der Waals surface area contributed by atoms with Gasteiger partial charge in [-0.3, -0.25) is 4.68 Å². The first-order valence-corrected chi connectivity index (χ1v) is 7.40. The van der Waals surface area contributed by atoms with E-state index < -0.39 is 0 Å². The minimum Gasteiger partial charge on any atom is -0.389 e. The van der Waals surface area contributed by atoms with Crippen molar-refractivity contribution in [2.75, 3.05) is 11.9 Å². The Labute approximate surface area is 126 Å². The van der Waals surface area contributed by atoms with Gasteiger partial charge in [0.2, 0.25) is 0 Å². The molecule has 4 nitrogen and oxygen atoms in total. The summed E-state index contributed by atoms with van der Waals surface area (Å²) in [5.74, 6) is 0.868. The predicted molar refractivity (Wildman–Crippen MR) is 85.4 cm³/mol. The number of thiocarbonyl (C=S) groups is 1. The average molecular weight is 315 g/mol. The van der Waals surface area contributed by atoms with Gasteiger partial charge in [0.1, 0.15) is 10.8 Å². The lowest BCUT2D eigenvalue weighted by molar-refractivity contribution is 0.757. The van der Waals surface area contributed by atoms with Crippen molar-refractivity contribution in [3.63, 3.8) is 0 Å². The number of thiophene rings is 1. The predicted octanol–water partition coefficient (Wildman–Crippen LogP) is 2.73. The second kappa shape index (κ2) is 5.90. The number of hydrogen-bond donors (Lipinski definition) is 2. The molecule has 2 aromatic rings. The standard InChI is InChI=1S/C12H15ClN4S2/c1-7-10(11(14)18)12(17(2)16-7)15-6-5-8-3-4-9(13)19-8/h3-4,15H,5-6H2,1-2H3,(H2,14,18). The molecule has 0 aliphatic carbocycles. The Morgan fingerprint density at radius 3 is 2.89 bits per heavy atom. The quantitative estimate of drug-likeness (QED) is 0.833. The molecule has 0 aliphatic heterocycles. The van der Waals surface area contributed by atoms with Crippen LogP contribution < -0.4 is 11.1 Å². The zero-order chi connectivity index (χ0) is 14.0. The van der Waals surface area contributed by atoms with E-state index >= 15 is 0 Å². The largest absolute Gasteiger partial charge is 0.389 e. The lowest BCUT2D eigenvalue weighted by atomic mass is 10.2. The van der Waals surface area contributed by atoms with E-state index in [1.807, 2.05) is 26.1 Å². The second-order valence-electron chi connectivity index (χ2n) is 4.18. The first-order valence-electron chi connectivity index (χ1n) is 5.80. The third-order valence-electron chi connectivity index (χ3n) is 2.76. The van der Waals surface area contributed by atoms with Gasteiger partial charge in [-0.15, -0.1) is 11.3 Å². The van der Waals surface area contributed by atoms with Crippen LogP contribution in [0.25, 0.3) is 0 Å². The van der Waals surface area contributed by atoms with E-state index in [9.17, 15) is 0 Å². The van der Waals surface area contributed by atoms with Crippen LogP contribution in [0.4, 0.5) is 5.82 Å². The van der Waals surface area contributed by atoms with Gasteiger partial charge in [-0.2, -0.15) is 5.10 Å². The Balaban J connectivity index is 2.05. The number of nitrogens with zero attached hydrogens (tertiary/aromatic N) is 2. The van der Waals surface area contributed by atoms with Crippen LogP contribution >= 0.6 is 35.2 Å². The maximum Gasteiger partial charge on any atom is 0.134 e. The van der Waals surface area contributed by atoms with Crippen LogP contribution in [0.3, 0.4) is 0 Å². The highest BCUT2D eigenvalue weighted by molar-refractivity contribution is 7.80. The molecule has 0 spiro atoms. The molecule has 0 aromatic carbocycles. The van der Waals surface area contributed by atoms with Crippen LogP contribution in [0.2, 0.25) is 4.34 Å². The zero-order valence-corrected chi connectivity index (χ0v) is 13.1. The highest BCUT2D eigenvalue weighted by atomic mass is 35.5. The van der Waals surface area contributed by atoms with Gasteiger partial charge in [0, 0.05) is 18.5 Å². The fourth-order valence-corrected chi connectivity index (χ4v) is 3.28. The second-order valence-corrected chi connectivity index (χ2v) is 6.42. The van der Waals surface area contributed by atoms with Crippen molar-refractivity contribution in [2.45, 2.75) is 13.3 Å². The summed E-state index contributed by atoms with van der Waals surface area (Å²) in [6.07, 6.45) is 0.901. The molecule has 0 atom stereocenters. The number of rotatable bonds is 5. The Morgan fingerprint density at radius 1 is 1.58 bits per heavy atom. The van der Waals surface area contributed by atoms with E-state index in [0.29, 0.717) is 4.99 Å². The minimum absolute atomic E-state index is 0.368. The molecule has 0 saturated carbocycles. The minimum atomic E-state index is 0.368. The highest BCUT2D eigenvalue weighted by Gasteiger charge is 2.14. The number of aryl methyl sites for hydroxylation is 2. The van der Waals surface area contributed by atoms with E-state index in [1.165, 1.54) is 4.88 Å². The Hall–Kier alpha value is -1.11. The van der Waals surface area contributed by atoms with E-state index in [4.69, 9.17) is 29.6 Å². The van der Waals surface area contributed by atoms with Crippen molar-refractivity contribution in [1.82, 2.24) is 9.78 Å². The number of halogens is 1. The van der Waals surface area contributed by atoms with Crippen molar-refractivity contribution in [2.24, 2.45) is 12.8 Å².